The predicted molar refractivity (Wildman–Crippen MR) is 90.1 cm³/mol. The average molecular weight is 381 g/mol. The van der Waals surface area contributed by atoms with Gasteiger partial charge in [0, 0.05) is 26.2 Å². The molecular formula is C13H14F3N3O3S2. The minimum absolute atomic E-state index is 0.387. The number of thioether (sulfide) groups is 1. The summed E-state index contributed by atoms with van der Waals surface area (Å²) < 4.78 is 39.6. The molecule has 1 amide bonds. The molecule has 1 atom stereocenters. The van der Waals surface area contributed by atoms with E-state index in [2.05, 4.69) is 5.32 Å². The number of hydrogen-bond acceptors (Lipinski definition) is 5. The van der Waals surface area contributed by atoms with Crippen molar-refractivity contribution < 1.29 is 22.9 Å². The Morgan fingerprint density at radius 1 is 1.42 bits per heavy atom. The van der Waals surface area contributed by atoms with Gasteiger partial charge in [-0.05, 0) is 13.0 Å². The number of hydrogen-bond donors (Lipinski definition) is 1. The third kappa shape index (κ3) is 5.34. The summed E-state index contributed by atoms with van der Waals surface area (Å²) in [6.07, 6.45) is -4.84. The van der Waals surface area contributed by atoms with Crippen molar-refractivity contribution in [1.82, 2.24) is 4.90 Å². The van der Waals surface area contributed by atoms with Gasteiger partial charge < -0.3 is 10.2 Å². The molecule has 0 aliphatic carbocycles. The van der Waals surface area contributed by atoms with Crippen LogP contribution >= 0.6 is 24.0 Å². The van der Waals surface area contributed by atoms with E-state index in [1.165, 1.54) is 6.92 Å². The first kappa shape index (κ1) is 20.2. The number of nitro groups is 1. The average Bonchev–Trinajstić information content (AvgIpc) is 2.45. The van der Waals surface area contributed by atoms with Crippen molar-refractivity contribution in [1.29, 1.82) is 0 Å². The quantitative estimate of drug-likeness (QED) is 0.489. The number of thiocarbonyl (C=S) groups is 1. The molecule has 0 bridgehead atoms. The molecule has 0 saturated carbocycles. The van der Waals surface area contributed by atoms with E-state index >= 15 is 0 Å². The van der Waals surface area contributed by atoms with Gasteiger partial charge in [0.15, 0.2) is 0 Å². The van der Waals surface area contributed by atoms with Gasteiger partial charge in [-0.1, -0.05) is 24.0 Å². The monoisotopic (exact) mass is 381 g/mol. The molecule has 1 N–H and O–H groups in total. The fraction of sp³-hybridized carbons (Fsp3) is 0.385. The fourth-order valence-electron chi connectivity index (χ4n) is 1.53. The van der Waals surface area contributed by atoms with Gasteiger partial charge in [0.25, 0.3) is 5.69 Å². The van der Waals surface area contributed by atoms with Crippen molar-refractivity contribution in [2.75, 3.05) is 19.4 Å². The van der Waals surface area contributed by atoms with Gasteiger partial charge in [-0.2, -0.15) is 13.2 Å². The Hall–Kier alpha value is -1.88. The first-order chi connectivity index (χ1) is 10.9. The highest BCUT2D eigenvalue weighted by Gasteiger charge is 2.36. The zero-order chi connectivity index (χ0) is 18.7. The molecule has 0 aliphatic heterocycles. The second kappa shape index (κ2) is 7.79. The normalized spacial score (nSPS) is 12.4. The smallest absolute Gasteiger partial charge is 0.364 e. The number of amides is 1. The second-order valence-electron chi connectivity index (χ2n) is 4.89. The van der Waals surface area contributed by atoms with Gasteiger partial charge in [0.05, 0.1) is 21.4 Å². The van der Waals surface area contributed by atoms with Gasteiger partial charge >= 0.3 is 6.18 Å². The molecule has 0 heterocycles. The molecule has 24 heavy (non-hydrogen) atoms. The highest BCUT2D eigenvalue weighted by Crippen LogP contribution is 2.37. The largest absolute Gasteiger partial charge is 0.418 e. The maximum Gasteiger partial charge on any atom is 0.418 e. The number of rotatable bonds is 4. The third-order valence-corrected chi connectivity index (χ3v) is 4.58. The van der Waals surface area contributed by atoms with Crippen LogP contribution in [0.1, 0.15) is 12.5 Å². The van der Waals surface area contributed by atoms with Crippen LogP contribution in [0.2, 0.25) is 0 Å². The minimum atomic E-state index is -4.84. The number of alkyl halides is 3. The first-order valence-corrected chi connectivity index (χ1v) is 7.76. The molecule has 1 rings (SSSR count). The van der Waals surface area contributed by atoms with E-state index in [0.29, 0.717) is 10.4 Å². The number of non-ortho nitro benzene ring substituents is 1. The number of carbonyl (C=O) groups excluding carboxylic acids is 1. The lowest BCUT2D eigenvalue weighted by Gasteiger charge is -2.18. The molecule has 6 nitrogen and oxygen atoms in total. The zero-order valence-corrected chi connectivity index (χ0v) is 14.5. The Labute approximate surface area is 145 Å². The number of nitrogens with zero attached hydrogens (tertiary/aromatic N) is 2. The molecule has 0 saturated heterocycles. The highest BCUT2D eigenvalue weighted by atomic mass is 32.2. The van der Waals surface area contributed by atoms with Crippen molar-refractivity contribution in [3.63, 3.8) is 0 Å². The van der Waals surface area contributed by atoms with Crippen LogP contribution in [0.5, 0.6) is 0 Å². The summed E-state index contributed by atoms with van der Waals surface area (Å²) in [6, 6.07) is 2.14. The van der Waals surface area contributed by atoms with Crippen molar-refractivity contribution in [3.05, 3.63) is 33.9 Å². The summed E-state index contributed by atoms with van der Waals surface area (Å²) in [5.41, 5.74) is -2.53. The summed E-state index contributed by atoms with van der Waals surface area (Å²) in [5.74, 6) is -0.691. The van der Waals surface area contributed by atoms with Crippen molar-refractivity contribution >= 4 is 45.6 Å². The van der Waals surface area contributed by atoms with Crippen molar-refractivity contribution in [3.8, 4) is 0 Å². The summed E-state index contributed by atoms with van der Waals surface area (Å²) in [4.78, 5) is 23.4. The van der Waals surface area contributed by atoms with Crippen LogP contribution in [-0.4, -0.2) is 39.4 Å². The molecule has 0 unspecified atom stereocenters. The molecule has 0 radical (unpaired) electrons. The van der Waals surface area contributed by atoms with E-state index in [-0.39, 0.29) is 0 Å². The molecule has 132 valence electrons. The van der Waals surface area contributed by atoms with Gasteiger partial charge in [-0.25, -0.2) is 0 Å². The molecular weight excluding hydrogens is 367 g/mol. The van der Waals surface area contributed by atoms with E-state index in [9.17, 15) is 28.1 Å². The Morgan fingerprint density at radius 2 is 2.00 bits per heavy atom. The minimum Gasteiger partial charge on any atom is -0.364 e. The molecule has 1 aromatic carbocycles. The van der Waals surface area contributed by atoms with Crippen LogP contribution in [0.15, 0.2) is 18.2 Å². The van der Waals surface area contributed by atoms with Crippen molar-refractivity contribution in [2.45, 2.75) is 18.3 Å². The highest BCUT2D eigenvalue weighted by molar-refractivity contribution is 8.23. The fourth-order valence-corrected chi connectivity index (χ4v) is 2.65. The molecule has 11 heteroatoms. The number of anilines is 1. The Bertz CT molecular complexity index is 666. The van der Waals surface area contributed by atoms with Gasteiger partial charge in [-0.15, -0.1) is 0 Å². The number of benzene rings is 1. The first-order valence-electron chi connectivity index (χ1n) is 6.48. The van der Waals surface area contributed by atoms with Crippen molar-refractivity contribution in [2.24, 2.45) is 0 Å². The maximum atomic E-state index is 13.1. The SMILES string of the molecule is C[C@@H](SC(=S)N(C)C)C(=O)Nc1ccc([N+](=O)[O-])cc1C(F)(F)F. The Balaban J connectivity index is 3.04. The van der Waals surface area contributed by atoms with Gasteiger partial charge in [0.1, 0.15) is 4.32 Å². The molecule has 0 spiro atoms. The van der Waals surface area contributed by atoms with Crippen LogP contribution in [0.3, 0.4) is 0 Å². The predicted octanol–water partition coefficient (Wildman–Crippen LogP) is 3.52. The van der Waals surface area contributed by atoms with E-state index in [1.807, 2.05) is 0 Å². The zero-order valence-electron chi connectivity index (χ0n) is 12.9. The van der Waals surface area contributed by atoms with E-state index in [4.69, 9.17) is 12.2 Å². The molecule has 1 aromatic rings. The molecule has 0 aromatic heterocycles. The maximum absolute atomic E-state index is 13.1. The van der Waals surface area contributed by atoms with Crippen LogP contribution < -0.4 is 5.32 Å². The van der Waals surface area contributed by atoms with Crippen LogP contribution in [0, 0.1) is 10.1 Å². The summed E-state index contributed by atoms with van der Waals surface area (Å²) in [5, 5.41) is 12.0. The lowest BCUT2D eigenvalue weighted by Crippen LogP contribution is -2.28. The van der Waals surface area contributed by atoms with E-state index in [0.717, 1.165) is 23.9 Å². The van der Waals surface area contributed by atoms with Crippen LogP contribution in [0.4, 0.5) is 24.5 Å². The number of nitro benzene ring substituents is 1. The molecule has 0 fully saturated rings. The van der Waals surface area contributed by atoms with E-state index in [1.54, 1.807) is 19.0 Å². The van der Waals surface area contributed by atoms with Crippen LogP contribution in [-0.2, 0) is 11.0 Å². The second-order valence-corrected chi connectivity index (χ2v) is 6.87. The lowest BCUT2D eigenvalue weighted by atomic mass is 10.1. The lowest BCUT2D eigenvalue weighted by molar-refractivity contribution is -0.385. The standard InChI is InChI=1S/C13H14F3N3O3S2/c1-7(24-12(23)18(2)3)11(20)17-10-5-4-8(19(21)22)6-9(10)13(14,15)16/h4-7H,1-3H3,(H,17,20)/t7-/m1/s1. The Morgan fingerprint density at radius 3 is 2.46 bits per heavy atom. The van der Waals surface area contributed by atoms with Gasteiger partial charge in [0.2, 0.25) is 5.91 Å². The number of carbonyl (C=O) groups is 1. The summed E-state index contributed by atoms with van der Waals surface area (Å²) in [6.45, 7) is 1.49. The number of nitrogens with one attached hydrogen (secondary N) is 1. The topological polar surface area (TPSA) is 75.5 Å². The summed E-state index contributed by atoms with van der Waals surface area (Å²) >= 11 is 6.04. The summed E-state index contributed by atoms with van der Waals surface area (Å²) in [7, 11) is 3.36. The number of halogens is 3. The molecule has 0 aliphatic rings. The Kier molecular flexibility index (Phi) is 6.55. The van der Waals surface area contributed by atoms with Crippen LogP contribution in [0.25, 0.3) is 0 Å². The third-order valence-electron chi connectivity index (χ3n) is 2.79. The van der Waals surface area contributed by atoms with E-state index < -0.39 is 39.2 Å². The van der Waals surface area contributed by atoms with Gasteiger partial charge in [-0.3, -0.25) is 14.9 Å².